The van der Waals surface area contributed by atoms with Crippen LogP contribution in [0.1, 0.15) is 61.1 Å². The number of hydrogen-bond donors (Lipinski definition) is 1. The molecule has 2 bridgehead atoms. The Morgan fingerprint density at radius 2 is 2.07 bits per heavy atom. The zero-order valence-electron chi connectivity index (χ0n) is 24.2. The number of ether oxygens (including phenoxy) is 5. The molecular formula is C30H34BN2O8S. The van der Waals surface area contributed by atoms with Gasteiger partial charge in [-0.3, -0.25) is 10.1 Å². The highest BCUT2D eigenvalue weighted by Crippen LogP contribution is 2.69. The molecule has 3 saturated heterocycles. The van der Waals surface area contributed by atoms with Crippen LogP contribution in [0, 0.1) is 13.8 Å². The first-order valence-corrected chi connectivity index (χ1v) is 14.2. The lowest BCUT2D eigenvalue weighted by molar-refractivity contribution is -0.209. The summed E-state index contributed by atoms with van der Waals surface area (Å²) in [6.45, 7) is 9.96. The first-order chi connectivity index (χ1) is 20.2. The molecule has 0 saturated carbocycles. The van der Waals surface area contributed by atoms with Gasteiger partial charge in [-0.05, 0) is 57.6 Å². The predicted molar refractivity (Wildman–Crippen MR) is 157 cm³/mol. The van der Waals surface area contributed by atoms with Gasteiger partial charge in [-0.15, -0.1) is 0 Å². The molecule has 12 heteroatoms. The van der Waals surface area contributed by atoms with Crippen molar-refractivity contribution in [3.8, 4) is 28.7 Å². The summed E-state index contributed by atoms with van der Waals surface area (Å²) in [6.07, 6.45) is 2.62. The summed E-state index contributed by atoms with van der Waals surface area (Å²) in [5, 5.41) is 3.47. The summed E-state index contributed by atoms with van der Waals surface area (Å²) in [5.74, 6) is 2.31. The number of carbonyl (C=O) groups is 2. The van der Waals surface area contributed by atoms with Crippen molar-refractivity contribution in [3.63, 3.8) is 0 Å². The number of methoxy groups -OCH3 is 1. The van der Waals surface area contributed by atoms with Crippen molar-refractivity contribution in [2.45, 2.75) is 70.3 Å². The number of likely N-dealkylation sites (tertiary alicyclic amines) is 1. The maximum absolute atomic E-state index is 14.1. The Balaban J connectivity index is 0.00000329. The normalized spacial score (nSPS) is 29.1. The van der Waals surface area contributed by atoms with Gasteiger partial charge < -0.3 is 32.8 Å². The second kappa shape index (κ2) is 9.77. The molecule has 7 rings (SSSR count). The summed E-state index contributed by atoms with van der Waals surface area (Å²) in [7, 11) is 2.67. The summed E-state index contributed by atoms with van der Waals surface area (Å²) in [5.41, 5.74) is 2.66. The third-order valence-corrected chi connectivity index (χ3v) is 9.35. The Labute approximate surface area is 251 Å². The first kappa shape index (κ1) is 27.3. The molecular weight excluding hydrogens is 559 g/mol. The van der Waals surface area contributed by atoms with Crippen LogP contribution in [-0.2, 0) is 25.5 Å². The van der Waals surface area contributed by atoms with Crippen LogP contribution in [0.5, 0.6) is 28.7 Å². The van der Waals surface area contributed by atoms with Crippen molar-refractivity contribution < 1.29 is 37.5 Å². The number of carbonyl (C=O) groups excluding carboxylic acids is 2. The maximum atomic E-state index is 14.1. The number of benzene rings is 2. The molecule has 42 heavy (non-hydrogen) atoms. The SMILES string of the molecule is C.[3H][B]SOc1cc(C2(C)C[C@@H](C(=O)N3[C@H]4C[C@]5(OC(=O)[C@@H]35)c3c(OCC=C)c(C)c5c(c34)OCO5)N2)cc(C)c1OC. The van der Waals surface area contributed by atoms with Crippen LogP contribution >= 0.6 is 11.9 Å². The van der Waals surface area contributed by atoms with E-state index in [4.69, 9.17) is 29.2 Å². The first-order valence-electron chi connectivity index (χ1n) is 14.0. The number of aryl methyl sites for hydroxylation is 1. The van der Waals surface area contributed by atoms with Gasteiger partial charge in [-0.25, -0.2) is 4.79 Å². The number of fused-ring (bicyclic) bond motifs is 5. The van der Waals surface area contributed by atoms with Gasteiger partial charge in [0.1, 0.15) is 12.4 Å². The molecule has 1 radical (unpaired) electrons. The fraction of sp³-hybridized carbons (Fsp3) is 0.467. The third kappa shape index (κ3) is 3.57. The van der Waals surface area contributed by atoms with Crippen LogP contribution in [0.25, 0.3) is 0 Å². The van der Waals surface area contributed by atoms with Gasteiger partial charge in [0.05, 0.1) is 19.2 Å². The van der Waals surface area contributed by atoms with E-state index in [1.807, 2.05) is 32.9 Å². The Morgan fingerprint density at radius 3 is 2.76 bits per heavy atom. The number of amides is 1. The fourth-order valence-corrected chi connectivity index (χ4v) is 7.60. The van der Waals surface area contributed by atoms with Crippen molar-refractivity contribution in [1.29, 1.82) is 1.34 Å². The number of hydrogen-bond acceptors (Lipinski definition) is 10. The lowest BCUT2D eigenvalue weighted by atomic mass is 9.75. The molecule has 5 aliphatic rings. The highest BCUT2D eigenvalue weighted by atomic mass is 32.2. The highest BCUT2D eigenvalue weighted by Gasteiger charge is 2.76. The quantitative estimate of drug-likeness (QED) is 0.199. The van der Waals surface area contributed by atoms with Crippen LogP contribution in [0.4, 0.5) is 0 Å². The molecule has 221 valence electrons. The van der Waals surface area contributed by atoms with Gasteiger partial charge in [0.2, 0.25) is 19.8 Å². The monoisotopic (exact) mass is 595 g/mol. The molecule has 2 aromatic rings. The molecule has 3 fully saturated rings. The van der Waals surface area contributed by atoms with Crippen LogP contribution in [0.2, 0.25) is 0 Å². The molecule has 0 aromatic heterocycles. The molecule has 5 atom stereocenters. The summed E-state index contributed by atoms with van der Waals surface area (Å²) in [6, 6.07) is 2.23. The lowest BCUT2D eigenvalue weighted by Crippen LogP contribution is -2.70. The van der Waals surface area contributed by atoms with Crippen molar-refractivity contribution in [2.75, 3.05) is 20.5 Å². The molecule has 1 N–H and O–H groups in total. The van der Waals surface area contributed by atoms with E-state index in [0.717, 1.165) is 46.8 Å². The van der Waals surface area contributed by atoms with E-state index in [0.29, 0.717) is 41.6 Å². The van der Waals surface area contributed by atoms with Crippen molar-refractivity contribution >= 4 is 30.9 Å². The van der Waals surface area contributed by atoms with E-state index < -0.39 is 35.2 Å². The van der Waals surface area contributed by atoms with Gasteiger partial charge in [0.15, 0.2) is 34.6 Å². The minimum atomic E-state index is -0.978. The van der Waals surface area contributed by atoms with E-state index in [9.17, 15) is 9.59 Å². The number of nitrogens with one attached hydrogen (secondary N) is 1. The second-order valence-electron chi connectivity index (χ2n) is 11.3. The summed E-state index contributed by atoms with van der Waals surface area (Å²) >= 11 is 0.893. The van der Waals surface area contributed by atoms with Gasteiger partial charge >= 0.3 is 5.97 Å². The van der Waals surface area contributed by atoms with Gasteiger partial charge in [0.25, 0.3) is 0 Å². The van der Waals surface area contributed by atoms with Crippen molar-refractivity contribution in [2.24, 2.45) is 0 Å². The number of esters is 1. The topological polar surface area (TPSA) is 105 Å². The average Bonchev–Trinajstić information content (AvgIpc) is 3.63. The Hall–Kier alpha value is -3.51. The minimum Gasteiger partial charge on any atom is -0.493 e. The smallest absolute Gasteiger partial charge is 0.334 e. The molecule has 1 amide bonds. The largest absolute Gasteiger partial charge is 0.493 e. The van der Waals surface area contributed by atoms with Crippen LogP contribution < -0.4 is 28.4 Å². The Bertz CT molecular complexity index is 1550. The van der Waals surface area contributed by atoms with E-state index in [1.165, 1.54) is 0 Å². The molecule has 1 aliphatic carbocycles. The molecule has 10 nitrogen and oxygen atoms in total. The maximum Gasteiger partial charge on any atom is 0.334 e. The predicted octanol–water partition coefficient (Wildman–Crippen LogP) is 3.77. The fourth-order valence-electron chi connectivity index (χ4n) is 7.37. The second-order valence-corrected chi connectivity index (χ2v) is 11.7. The van der Waals surface area contributed by atoms with Gasteiger partial charge in [-0.2, -0.15) is 0 Å². The van der Waals surface area contributed by atoms with Gasteiger partial charge in [0, 0.05) is 28.7 Å². The number of nitrogens with zero attached hydrogens (tertiary/aromatic N) is 1. The Kier molecular flexibility index (Phi) is 6.36. The standard InChI is InChI=1S/C29H30BN2O8S.CH4/c1-6-7-36-22-14(3)23-24(38-12-37-23)19-17-11-29(20(19)22)25(27(34)39-29)32(17)26(33)16-10-28(4,31-16)15-8-13(2)21(35-5)18(9-15)40-41-30;/h6,8-9,16-17,25,30-31H,1,7,10-12H2,2-5H3;1H4/t16-,17-,25+,28?,29-;/m0./s1/i30T;. The molecule has 4 heterocycles. The lowest BCUT2D eigenvalue weighted by Gasteiger charge is -2.52. The summed E-state index contributed by atoms with van der Waals surface area (Å²) in [4.78, 5) is 28.8. The van der Waals surface area contributed by atoms with Crippen LogP contribution in [0.15, 0.2) is 24.8 Å². The molecule has 1 unspecified atom stereocenters. The summed E-state index contributed by atoms with van der Waals surface area (Å²) < 4.78 is 42.2. The van der Waals surface area contributed by atoms with Crippen LogP contribution in [0.3, 0.4) is 0 Å². The van der Waals surface area contributed by atoms with E-state index >= 15 is 0 Å². The van der Waals surface area contributed by atoms with E-state index in [2.05, 4.69) is 11.9 Å². The highest BCUT2D eigenvalue weighted by molar-refractivity contribution is 8.16. The zero-order valence-corrected chi connectivity index (χ0v) is 24.0. The van der Waals surface area contributed by atoms with Crippen molar-refractivity contribution in [3.05, 3.63) is 52.6 Å². The molecule has 2 aromatic carbocycles. The Morgan fingerprint density at radius 1 is 1.31 bits per heavy atom. The zero-order chi connectivity index (χ0) is 29.6. The average molecular weight is 595 g/mol. The minimum absolute atomic E-state index is 0. The third-order valence-electron chi connectivity index (χ3n) is 9.07. The van der Waals surface area contributed by atoms with E-state index in [1.54, 1.807) is 18.1 Å². The molecule has 4 aliphatic heterocycles. The van der Waals surface area contributed by atoms with E-state index in [-0.39, 0.29) is 26.7 Å². The van der Waals surface area contributed by atoms with Crippen molar-refractivity contribution in [1.82, 2.24) is 10.2 Å². The molecule has 1 spiro atoms. The van der Waals surface area contributed by atoms with Crippen LogP contribution in [-0.4, -0.2) is 57.8 Å². The number of rotatable bonds is 9. The van der Waals surface area contributed by atoms with Gasteiger partial charge in [-0.1, -0.05) is 26.1 Å².